The standard InChI is InChI=1S/C19H18Cl2N4O3S2/c1-3-16(25(30(2,27)28)15-10-8-14(21)9-11-15)17(26)22-19-24-23-18(29-19)12-4-6-13(20)7-5-12/h4-11,16H,3H2,1-2H3,(H,22,24,26). The normalized spacial score (nSPS) is 12.4. The molecule has 0 aliphatic rings. The van der Waals surface area contributed by atoms with Gasteiger partial charge in [-0.25, -0.2) is 8.42 Å². The maximum absolute atomic E-state index is 12.9. The summed E-state index contributed by atoms with van der Waals surface area (Å²) in [6, 6.07) is 12.4. The minimum Gasteiger partial charge on any atom is -0.299 e. The van der Waals surface area contributed by atoms with Gasteiger partial charge in [-0.3, -0.25) is 14.4 Å². The summed E-state index contributed by atoms with van der Waals surface area (Å²) in [6.07, 6.45) is 1.31. The van der Waals surface area contributed by atoms with E-state index in [1.54, 1.807) is 55.5 Å². The Labute approximate surface area is 188 Å². The summed E-state index contributed by atoms with van der Waals surface area (Å²) >= 11 is 13.0. The SMILES string of the molecule is CCC(C(=O)Nc1nnc(-c2ccc(Cl)cc2)s1)N(c1ccc(Cl)cc1)S(C)(=O)=O. The molecule has 158 valence electrons. The molecule has 1 N–H and O–H groups in total. The number of hydrogen-bond donors (Lipinski definition) is 1. The Bertz CT molecular complexity index is 1130. The summed E-state index contributed by atoms with van der Waals surface area (Å²) in [5, 5.41) is 12.7. The van der Waals surface area contributed by atoms with E-state index in [9.17, 15) is 13.2 Å². The summed E-state index contributed by atoms with van der Waals surface area (Å²) in [5.41, 5.74) is 1.16. The van der Waals surface area contributed by atoms with Crippen LogP contribution >= 0.6 is 34.5 Å². The molecule has 1 amide bonds. The Morgan fingerprint density at radius 2 is 1.63 bits per heavy atom. The predicted molar refractivity (Wildman–Crippen MR) is 122 cm³/mol. The molecule has 0 aliphatic heterocycles. The van der Waals surface area contributed by atoms with Crippen LogP contribution in [0.5, 0.6) is 0 Å². The van der Waals surface area contributed by atoms with E-state index in [-0.39, 0.29) is 11.6 Å². The molecule has 0 spiro atoms. The second-order valence-corrected chi connectivity index (χ2v) is 10.1. The molecule has 3 aromatic rings. The molecule has 1 heterocycles. The molecule has 2 aromatic carbocycles. The Hall–Kier alpha value is -2.20. The molecule has 0 saturated heterocycles. The van der Waals surface area contributed by atoms with Crippen LogP contribution in [0.4, 0.5) is 10.8 Å². The second kappa shape index (κ2) is 9.30. The van der Waals surface area contributed by atoms with Gasteiger partial charge in [-0.1, -0.05) is 53.6 Å². The molecular formula is C19H18Cl2N4O3S2. The third-order valence-electron chi connectivity index (χ3n) is 4.16. The molecule has 0 radical (unpaired) electrons. The van der Waals surface area contributed by atoms with Crippen molar-refractivity contribution >= 4 is 61.3 Å². The highest BCUT2D eigenvalue weighted by Gasteiger charge is 2.32. The van der Waals surface area contributed by atoms with Crippen molar-refractivity contribution in [3.05, 3.63) is 58.6 Å². The van der Waals surface area contributed by atoms with Crippen molar-refractivity contribution in [2.75, 3.05) is 15.9 Å². The summed E-state index contributed by atoms with van der Waals surface area (Å²) in [7, 11) is -3.74. The highest BCUT2D eigenvalue weighted by atomic mass is 35.5. The van der Waals surface area contributed by atoms with E-state index in [2.05, 4.69) is 15.5 Å². The van der Waals surface area contributed by atoms with Crippen LogP contribution in [0.3, 0.4) is 0 Å². The first-order chi connectivity index (χ1) is 14.2. The summed E-state index contributed by atoms with van der Waals surface area (Å²) in [4.78, 5) is 12.9. The average Bonchev–Trinajstić information content (AvgIpc) is 3.15. The highest BCUT2D eigenvalue weighted by molar-refractivity contribution is 7.92. The molecule has 7 nitrogen and oxygen atoms in total. The Morgan fingerprint density at radius 1 is 1.07 bits per heavy atom. The van der Waals surface area contributed by atoms with Gasteiger partial charge in [0.1, 0.15) is 11.0 Å². The van der Waals surface area contributed by atoms with Crippen molar-refractivity contribution in [2.45, 2.75) is 19.4 Å². The summed E-state index contributed by atoms with van der Waals surface area (Å²) in [6.45, 7) is 1.73. The van der Waals surface area contributed by atoms with Gasteiger partial charge < -0.3 is 0 Å². The van der Waals surface area contributed by atoms with E-state index in [0.717, 1.165) is 16.1 Å². The molecule has 0 bridgehead atoms. The van der Waals surface area contributed by atoms with E-state index in [1.165, 1.54) is 11.3 Å². The minimum absolute atomic E-state index is 0.254. The zero-order chi connectivity index (χ0) is 21.9. The highest BCUT2D eigenvalue weighted by Crippen LogP contribution is 2.29. The van der Waals surface area contributed by atoms with Crippen LogP contribution in [0, 0.1) is 0 Å². The van der Waals surface area contributed by atoms with Crippen molar-refractivity contribution in [1.82, 2.24) is 10.2 Å². The van der Waals surface area contributed by atoms with Crippen molar-refractivity contribution in [2.24, 2.45) is 0 Å². The first-order valence-electron chi connectivity index (χ1n) is 8.84. The van der Waals surface area contributed by atoms with Gasteiger partial charge in [0.25, 0.3) is 0 Å². The number of anilines is 2. The fourth-order valence-electron chi connectivity index (χ4n) is 2.82. The van der Waals surface area contributed by atoms with Crippen LogP contribution in [0.25, 0.3) is 10.6 Å². The number of carbonyl (C=O) groups excluding carboxylic acids is 1. The zero-order valence-corrected chi connectivity index (χ0v) is 19.2. The van der Waals surface area contributed by atoms with E-state index < -0.39 is 22.0 Å². The van der Waals surface area contributed by atoms with Gasteiger partial charge in [0, 0.05) is 15.6 Å². The van der Waals surface area contributed by atoms with Crippen LogP contribution in [0.1, 0.15) is 13.3 Å². The molecule has 1 unspecified atom stereocenters. The van der Waals surface area contributed by atoms with E-state index in [0.29, 0.717) is 20.7 Å². The quantitative estimate of drug-likeness (QED) is 0.524. The fraction of sp³-hybridized carbons (Fsp3) is 0.211. The topological polar surface area (TPSA) is 92.3 Å². The Kier molecular flexibility index (Phi) is 6.97. The molecule has 30 heavy (non-hydrogen) atoms. The minimum atomic E-state index is -3.74. The van der Waals surface area contributed by atoms with Gasteiger partial charge in [-0.15, -0.1) is 10.2 Å². The number of nitrogens with zero attached hydrogens (tertiary/aromatic N) is 3. The second-order valence-electron chi connectivity index (χ2n) is 6.37. The first kappa shape index (κ1) is 22.5. The van der Waals surface area contributed by atoms with Crippen LogP contribution < -0.4 is 9.62 Å². The van der Waals surface area contributed by atoms with Gasteiger partial charge >= 0.3 is 0 Å². The number of hydrogen-bond acceptors (Lipinski definition) is 6. The molecule has 0 fully saturated rings. The largest absolute Gasteiger partial charge is 0.299 e. The number of carbonyl (C=O) groups is 1. The lowest BCUT2D eigenvalue weighted by molar-refractivity contribution is -0.117. The smallest absolute Gasteiger partial charge is 0.250 e. The lowest BCUT2D eigenvalue weighted by Gasteiger charge is -2.29. The van der Waals surface area contributed by atoms with Crippen LogP contribution in [0.15, 0.2) is 48.5 Å². The van der Waals surface area contributed by atoms with Gasteiger partial charge in [0.05, 0.1) is 11.9 Å². The zero-order valence-electron chi connectivity index (χ0n) is 16.0. The molecular weight excluding hydrogens is 467 g/mol. The molecule has 0 saturated carbocycles. The van der Waals surface area contributed by atoms with Crippen molar-refractivity contribution in [3.8, 4) is 10.6 Å². The maximum atomic E-state index is 12.9. The Morgan fingerprint density at radius 3 is 2.17 bits per heavy atom. The first-order valence-corrected chi connectivity index (χ1v) is 12.3. The molecule has 11 heteroatoms. The number of rotatable bonds is 7. The lowest BCUT2D eigenvalue weighted by Crippen LogP contribution is -2.46. The molecule has 1 atom stereocenters. The number of amides is 1. The van der Waals surface area contributed by atoms with Crippen LogP contribution in [-0.2, 0) is 14.8 Å². The number of sulfonamides is 1. The van der Waals surface area contributed by atoms with Gasteiger partial charge in [0.15, 0.2) is 0 Å². The maximum Gasteiger partial charge on any atom is 0.250 e. The van der Waals surface area contributed by atoms with E-state index in [4.69, 9.17) is 23.2 Å². The van der Waals surface area contributed by atoms with Crippen LogP contribution in [0.2, 0.25) is 10.0 Å². The number of nitrogens with one attached hydrogen (secondary N) is 1. The fourth-order valence-corrected chi connectivity index (χ4v) is 5.04. The monoisotopic (exact) mass is 484 g/mol. The van der Waals surface area contributed by atoms with E-state index in [1.807, 2.05) is 0 Å². The average molecular weight is 485 g/mol. The van der Waals surface area contributed by atoms with Crippen molar-refractivity contribution < 1.29 is 13.2 Å². The summed E-state index contributed by atoms with van der Waals surface area (Å²) in [5.74, 6) is -0.503. The predicted octanol–water partition coefficient (Wildman–Crippen LogP) is 4.70. The van der Waals surface area contributed by atoms with Crippen molar-refractivity contribution in [3.63, 3.8) is 0 Å². The third-order valence-corrected chi connectivity index (χ3v) is 6.73. The van der Waals surface area contributed by atoms with Gasteiger partial charge in [0.2, 0.25) is 21.1 Å². The Balaban J connectivity index is 1.84. The molecule has 0 aliphatic carbocycles. The van der Waals surface area contributed by atoms with Gasteiger partial charge in [-0.05, 0) is 42.8 Å². The summed E-state index contributed by atoms with van der Waals surface area (Å²) < 4.78 is 26.0. The molecule has 3 rings (SSSR count). The number of benzene rings is 2. The third kappa shape index (κ3) is 5.28. The van der Waals surface area contributed by atoms with Crippen molar-refractivity contribution in [1.29, 1.82) is 0 Å². The molecule has 1 aromatic heterocycles. The number of halogens is 2. The van der Waals surface area contributed by atoms with E-state index >= 15 is 0 Å². The lowest BCUT2D eigenvalue weighted by atomic mass is 10.2. The van der Waals surface area contributed by atoms with Gasteiger partial charge in [-0.2, -0.15) is 0 Å². The number of aromatic nitrogens is 2. The van der Waals surface area contributed by atoms with Crippen LogP contribution in [-0.4, -0.2) is 36.8 Å².